The van der Waals surface area contributed by atoms with Crippen LogP contribution in [0.3, 0.4) is 0 Å². The number of ketones is 1. The molecule has 1 fully saturated rings. The van der Waals surface area contributed by atoms with Crippen molar-refractivity contribution in [3.63, 3.8) is 0 Å². The van der Waals surface area contributed by atoms with E-state index in [1.807, 2.05) is 0 Å². The summed E-state index contributed by atoms with van der Waals surface area (Å²) in [6.45, 7) is 1.34. The van der Waals surface area contributed by atoms with Crippen LogP contribution in [0.2, 0.25) is 0 Å². The van der Waals surface area contributed by atoms with E-state index in [1.54, 1.807) is 6.07 Å². The van der Waals surface area contributed by atoms with E-state index < -0.39 is 11.4 Å². The van der Waals surface area contributed by atoms with Crippen molar-refractivity contribution < 1.29 is 13.7 Å². The molecule has 22 heavy (non-hydrogen) atoms. The third-order valence-corrected chi connectivity index (χ3v) is 4.82. The molecule has 1 aliphatic carbocycles. The van der Waals surface area contributed by atoms with Crippen LogP contribution >= 0.6 is 11.8 Å². The summed E-state index contributed by atoms with van der Waals surface area (Å²) in [6, 6.07) is 4.54. The predicted octanol–water partition coefficient (Wildman–Crippen LogP) is 3.04. The van der Waals surface area contributed by atoms with Gasteiger partial charge >= 0.3 is 0 Å². The van der Waals surface area contributed by atoms with Gasteiger partial charge in [0.15, 0.2) is 11.6 Å². The number of aromatic nitrogens is 2. The molecule has 2 aromatic rings. The van der Waals surface area contributed by atoms with Crippen LogP contribution in [0.4, 0.5) is 4.39 Å². The Morgan fingerprint density at radius 3 is 2.86 bits per heavy atom. The normalized spacial score (nSPS) is 16.3. The molecule has 1 heterocycles. The van der Waals surface area contributed by atoms with Crippen LogP contribution in [-0.2, 0) is 11.3 Å². The maximum Gasteiger partial charge on any atom is 0.237 e. The van der Waals surface area contributed by atoms with Gasteiger partial charge in [-0.05, 0) is 44.4 Å². The largest absolute Gasteiger partial charge is 0.338 e. The number of Topliss-reactive ketones (excluding diaryl/α,β-unsaturated/α-hetero) is 1. The average molecular weight is 321 g/mol. The van der Waals surface area contributed by atoms with Crippen LogP contribution in [0.15, 0.2) is 27.6 Å². The Morgan fingerprint density at radius 1 is 1.50 bits per heavy atom. The van der Waals surface area contributed by atoms with Crippen molar-refractivity contribution in [3.8, 4) is 0 Å². The first-order valence-corrected chi connectivity index (χ1v) is 8.02. The molecule has 0 bridgehead atoms. The van der Waals surface area contributed by atoms with Crippen molar-refractivity contribution in [1.29, 1.82) is 0 Å². The van der Waals surface area contributed by atoms with E-state index in [9.17, 15) is 9.18 Å². The zero-order chi connectivity index (χ0) is 15.7. The highest BCUT2D eigenvalue weighted by atomic mass is 32.2. The molecule has 5 nitrogen and oxygen atoms in total. The maximum atomic E-state index is 13.7. The first kappa shape index (κ1) is 15.2. The van der Waals surface area contributed by atoms with Gasteiger partial charge in [0, 0.05) is 4.90 Å². The summed E-state index contributed by atoms with van der Waals surface area (Å²) in [7, 11) is 0. The van der Waals surface area contributed by atoms with E-state index in [1.165, 1.54) is 30.8 Å². The Labute approximate surface area is 131 Å². The summed E-state index contributed by atoms with van der Waals surface area (Å²) in [6.07, 6.45) is 2.82. The fraction of sp³-hybridized carbons (Fsp3) is 0.400. The van der Waals surface area contributed by atoms with Gasteiger partial charge in [0.05, 0.1) is 16.9 Å². The molecule has 3 rings (SSSR count). The quantitative estimate of drug-likeness (QED) is 0.673. The lowest BCUT2D eigenvalue weighted by Crippen LogP contribution is -2.44. The molecule has 1 aromatic carbocycles. The molecule has 0 amide bonds. The highest BCUT2D eigenvalue weighted by Gasteiger charge is 2.38. The monoisotopic (exact) mass is 321 g/mol. The minimum absolute atomic E-state index is 0.0967. The molecule has 7 heteroatoms. The minimum Gasteiger partial charge on any atom is -0.338 e. The number of hydrogen-bond donors (Lipinski definition) is 1. The summed E-state index contributed by atoms with van der Waals surface area (Å²) in [5, 5.41) is 3.93. The zero-order valence-corrected chi connectivity index (χ0v) is 13.0. The van der Waals surface area contributed by atoms with E-state index >= 15 is 0 Å². The summed E-state index contributed by atoms with van der Waals surface area (Å²) in [5.74, 6) is 0.644. The number of nitrogens with two attached hydrogens (primary N) is 1. The van der Waals surface area contributed by atoms with Crippen LogP contribution in [0.5, 0.6) is 0 Å². The lowest BCUT2D eigenvalue weighted by molar-refractivity contribution is 0.101. The molecule has 116 valence electrons. The van der Waals surface area contributed by atoms with E-state index in [-0.39, 0.29) is 11.3 Å². The van der Waals surface area contributed by atoms with Crippen molar-refractivity contribution in [3.05, 3.63) is 41.3 Å². The van der Waals surface area contributed by atoms with Gasteiger partial charge in [-0.1, -0.05) is 5.16 Å². The second-order valence-electron chi connectivity index (χ2n) is 5.51. The van der Waals surface area contributed by atoms with Crippen LogP contribution in [0.25, 0.3) is 0 Å². The number of benzene rings is 1. The second-order valence-corrected chi connectivity index (χ2v) is 6.56. The van der Waals surface area contributed by atoms with Gasteiger partial charge in [-0.3, -0.25) is 4.79 Å². The molecule has 1 aromatic heterocycles. The minimum atomic E-state index is -0.515. The lowest BCUT2D eigenvalue weighted by Gasteiger charge is -2.34. The Kier molecular flexibility index (Phi) is 4.01. The zero-order valence-electron chi connectivity index (χ0n) is 12.1. The molecule has 2 N–H and O–H groups in total. The van der Waals surface area contributed by atoms with Crippen molar-refractivity contribution in [2.24, 2.45) is 5.73 Å². The molecule has 1 saturated carbocycles. The number of nitrogens with zero attached hydrogens (tertiary/aromatic N) is 2. The van der Waals surface area contributed by atoms with E-state index in [0.29, 0.717) is 22.4 Å². The van der Waals surface area contributed by atoms with E-state index in [2.05, 4.69) is 10.1 Å². The number of halogens is 1. The third kappa shape index (κ3) is 2.91. The molecule has 0 aliphatic heterocycles. The number of carbonyl (C=O) groups is 1. The van der Waals surface area contributed by atoms with Crippen molar-refractivity contribution in [2.75, 3.05) is 0 Å². The van der Waals surface area contributed by atoms with Crippen LogP contribution in [0, 0.1) is 5.82 Å². The number of carbonyl (C=O) groups excluding carboxylic acids is 1. The highest BCUT2D eigenvalue weighted by molar-refractivity contribution is 7.98. The SMILES string of the molecule is CC(=O)c1ccc(SCc2nc(C3(N)CCC3)no2)cc1F. The molecular formula is C15H16FN3O2S. The predicted molar refractivity (Wildman–Crippen MR) is 80.0 cm³/mol. The van der Waals surface area contributed by atoms with Crippen LogP contribution in [-0.4, -0.2) is 15.9 Å². The fourth-order valence-corrected chi connectivity index (χ4v) is 3.07. The van der Waals surface area contributed by atoms with E-state index in [4.69, 9.17) is 10.3 Å². The van der Waals surface area contributed by atoms with Gasteiger partial charge in [0.25, 0.3) is 0 Å². The smallest absolute Gasteiger partial charge is 0.237 e. The molecule has 0 radical (unpaired) electrons. The number of rotatable bonds is 5. The number of hydrogen-bond acceptors (Lipinski definition) is 6. The Bertz CT molecular complexity index is 713. The summed E-state index contributed by atoms with van der Waals surface area (Å²) in [5.41, 5.74) is 5.79. The van der Waals surface area contributed by atoms with Gasteiger partial charge < -0.3 is 10.3 Å². The Balaban J connectivity index is 1.65. The van der Waals surface area contributed by atoms with Gasteiger partial charge in [-0.2, -0.15) is 4.98 Å². The van der Waals surface area contributed by atoms with Crippen molar-refractivity contribution in [1.82, 2.24) is 10.1 Å². The second kappa shape index (κ2) is 5.81. The Morgan fingerprint density at radius 2 is 2.27 bits per heavy atom. The van der Waals surface area contributed by atoms with Gasteiger partial charge in [-0.15, -0.1) is 11.8 Å². The fourth-order valence-electron chi connectivity index (χ4n) is 2.31. The maximum absolute atomic E-state index is 13.7. The molecular weight excluding hydrogens is 305 g/mol. The molecule has 0 atom stereocenters. The van der Waals surface area contributed by atoms with Gasteiger partial charge in [0.1, 0.15) is 5.82 Å². The molecule has 1 aliphatic rings. The highest BCUT2D eigenvalue weighted by Crippen LogP contribution is 2.37. The summed E-state index contributed by atoms with van der Waals surface area (Å²) < 4.78 is 18.9. The van der Waals surface area contributed by atoms with E-state index in [0.717, 1.165) is 19.3 Å². The van der Waals surface area contributed by atoms with Gasteiger partial charge in [0.2, 0.25) is 5.89 Å². The lowest BCUT2D eigenvalue weighted by atomic mass is 9.77. The number of thioether (sulfide) groups is 1. The molecule has 0 unspecified atom stereocenters. The van der Waals surface area contributed by atoms with Crippen LogP contribution < -0.4 is 5.73 Å². The topological polar surface area (TPSA) is 82.0 Å². The van der Waals surface area contributed by atoms with Crippen LogP contribution in [0.1, 0.15) is 48.3 Å². The molecule has 0 saturated heterocycles. The van der Waals surface area contributed by atoms with Crippen molar-refractivity contribution in [2.45, 2.75) is 42.4 Å². The Hall–Kier alpha value is -1.73. The van der Waals surface area contributed by atoms with Gasteiger partial charge in [-0.25, -0.2) is 4.39 Å². The first-order valence-electron chi connectivity index (χ1n) is 7.03. The standard InChI is InChI=1S/C15H16FN3O2S/c1-9(20)11-4-3-10(7-12(11)16)22-8-13-18-14(19-21-13)15(17)5-2-6-15/h3-4,7H,2,5-6,8,17H2,1H3. The summed E-state index contributed by atoms with van der Waals surface area (Å²) >= 11 is 1.37. The van der Waals surface area contributed by atoms with Crippen molar-refractivity contribution >= 4 is 17.5 Å². The third-order valence-electron chi connectivity index (χ3n) is 3.84. The average Bonchev–Trinajstić information content (AvgIpc) is 2.91. The molecule has 0 spiro atoms. The first-order chi connectivity index (χ1) is 10.5. The summed E-state index contributed by atoms with van der Waals surface area (Å²) in [4.78, 5) is 16.2.